The van der Waals surface area contributed by atoms with Gasteiger partial charge in [-0.15, -0.1) is 0 Å². The Bertz CT molecular complexity index is 3090. The third kappa shape index (κ3) is 13.6. The number of ether oxygens (including phenoxy) is 1. The number of nitrogens with two attached hydrogens (primary N) is 1. The van der Waals surface area contributed by atoms with E-state index < -0.39 is 36.0 Å². The largest absolute Gasteiger partial charge is 0.445 e. The van der Waals surface area contributed by atoms with Crippen LogP contribution in [-0.2, 0) is 55.0 Å². The van der Waals surface area contributed by atoms with Crippen molar-refractivity contribution >= 4 is 58.7 Å². The summed E-state index contributed by atoms with van der Waals surface area (Å²) in [5.74, 6) is -1.78. The summed E-state index contributed by atoms with van der Waals surface area (Å²) in [5.41, 5.74) is 13.8. The normalized spacial score (nSPS) is 13.7. The van der Waals surface area contributed by atoms with Crippen LogP contribution in [0, 0.1) is 12.8 Å². The minimum atomic E-state index is -1.04. The number of primary amides is 1. The lowest BCUT2D eigenvalue weighted by molar-refractivity contribution is -0.137. The smallest absolute Gasteiger partial charge is 0.410 e. The number of carbonyl (C=O) groups excluding carboxylic acids is 7. The van der Waals surface area contributed by atoms with Crippen LogP contribution < -0.4 is 32.3 Å². The summed E-state index contributed by atoms with van der Waals surface area (Å²) in [7, 11) is 0. The molecule has 2 aliphatic heterocycles. The van der Waals surface area contributed by atoms with Gasteiger partial charge in [0.25, 0.3) is 11.8 Å². The summed E-state index contributed by atoms with van der Waals surface area (Å²) < 4.78 is 7.44. The number of urea groups is 1. The number of anilines is 2. The molecule has 0 fully saturated rings. The molecule has 0 bridgehead atoms. The van der Waals surface area contributed by atoms with Gasteiger partial charge in [-0.25, -0.2) is 24.1 Å². The summed E-state index contributed by atoms with van der Waals surface area (Å²) in [6.07, 6.45) is 7.48. The molecule has 2 unspecified atom stereocenters. The Morgan fingerprint density at radius 1 is 0.867 bits per heavy atom. The lowest BCUT2D eigenvalue weighted by atomic mass is 10.0. The lowest BCUT2D eigenvalue weighted by Gasteiger charge is -2.25. The van der Waals surface area contributed by atoms with Crippen LogP contribution in [0.3, 0.4) is 0 Å². The second-order valence-corrected chi connectivity index (χ2v) is 18.7. The van der Waals surface area contributed by atoms with Gasteiger partial charge in [0.15, 0.2) is 5.65 Å². The lowest BCUT2D eigenvalue weighted by Crippen LogP contribution is -2.54. The second-order valence-electron chi connectivity index (χ2n) is 18.7. The van der Waals surface area contributed by atoms with Crippen LogP contribution in [0.15, 0.2) is 97.5 Å². The van der Waals surface area contributed by atoms with Crippen molar-refractivity contribution in [2.24, 2.45) is 11.7 Å². The molecular formula is C53H60N14O8. The van der Waals surface area contributed by atoms with Crippen molar-refractivity contribution in [1.29, 1.82) is 0 Å². The van der Waals surface area contributed by atoms with Crippen molar-refractivity contribution in [3.05, 3.63) is 126 Å². The second kappa shape index (κ2) is 24.2. The zero-order valence-corrected chi connectivity index (χ0v) is 41.9. The number of imidazole rings is 1. The van der Waals surface area contributed by atoms with Gasteiger partial charge < -0.3 is 42.0 Å². The van der Waals surface area contributed by atoms with Gasteiger partial charge >= 0.3 is 12.1 Å². The molecule has 8 amide bonds. The SMILES string of the molecule is Cc1cccc(-c2[nH]c(CNc3cccc4c3CN(C(=O)OCc3ccc(NC(=O)C(CCCNC(N)=O)NC(=O)C(NC(=O)CCCCCN5C(=O)C=CC5=O)C(C)C)cc3)C4)nc2-c2ccn3ncnc3c2)n1. The number of imide groups is 1. The monoisotopic (exact) mass is 1020 g/mol. The predicted molar refractivity (Wildman–Crippen MR) is 277 cm³/mol. The van der Waals surface area contributed by atoms with Crippen LogP contribution in [0.1, 0.15) is 80.6 Å². The van der Waals surface area contributed by atoms with Crippen LogP contribution in [0.2, 0.25) is 0 Å². The van der Waals surface area contributed by atoms with Crippen LogP contribution >= 0.6 is 0 Å². The van der Waals surface area contributed by atoms with Crippen LogP contribution in [-0.4, -0.2) is 106 Å². The highest BCUT2D eigenvalue weighted by Gasteiger charge is 2.30. The molecule has 6 aromatic rings. The Hall–Kier alpha value is -8.95. The molecule has 2 atom stereocenters. The molecule has 0 aliphatic carbocycles. The van der Waals surface area contributed by atoms with Gasteiger partial charge in [-0.3, -0.25) is 38.8 Å². The minimum Gasteiger partial charge on any atom is -0.445 e. The third-order valence-electron chi connectivity index (χ3n) is 12.8. The number of H-pyrrole nitrogens is 1. The topological polar surface area (TPSA) is 293 Å². The molecule has 390 valence electrons. The van der Waals surface area contributed by atoms with Gasteiger partial charge in [0, 0.05) is 67.0 Å². The average Bonchev–Trinajstić information content (AvgIpc) is 4.22. The number of hydrogen-bond donors (Lipinski definition) is 7. The highest BCUT2D eigenvalue weighted by Crippen LogP contribution is 2.33. The molecule has 22 nitrogen and oxygen atoms in total. The molecule has 0 radical (unpaired) electrons. The number of benzene rings is 2. The number of nitrogens with one attached hydrogen (secondary N) is 6. The minimum absolute atomic E-state index is 0.0276. The number of aryl methyl sites for hydroxylation is 1. The highest BCUT2D eigenvalue weighted by molar-refractivity contribution is 6.12. The van der Waals surface area contributed by atoms with E-state index in [1.165, 1.54) is 18.5 Å². The summed E-state index contributed by atoms with van der Waals surface area (Å²) in [5, 5.41) is 18.6. The zero-order chi connectivity index (χ0) is 53.0. The van der Waals surface area contributed by atoms with E-state index in [9.17, 15) is 33.6 Å². The van der Waals surface area contributed by atoms with E-state index in [0.717, 1.165) is 50.1 Å². The van der Waals surface area contributed by atoms with E-state index in [1.54, 1.807) is 47.5 Å². The van der Waals surface area contributed by atoms with Crippen molar-refractivity contribution in [3.63, 3.8) is 0 Å². The van der Waals surface area contributed by atoms with E-state index in [0.29, 0.717) is 68.0 Å². The van der Waals surface area contributed by atoms with Gasteiger partial charge in [-0.05, 0) is 97.7 Å². The van der Waals surface area contributed by atoms with E-state index in [-0.39, 0.29) is 56.2 Å². The first-order chi connectivity index (χ1) is 36.2. The molecule has 4 aromatic heterocycles. The zero-order valence-electron chi connectivity index (χ0n) is 41.9. The number of rotatable bonds is 23. The maximum Gasteiger partial charge on any atom is 0.410 e. The van der Waals surface area contributed by atoms with E-state index >= 15 is 0 Å². The fourth-order valence-corrected chi connectivity index (χ4v) is 8.80. The van der Waals surface area contributed by atoms with Gasteiger partial charge in [-0.2, -0.15) is 5.10 Å². The van der Waals surface area contributed by atoms with Gasteiger partial charge in [-0.1, -0.05) is 50.6 Å². The molecule has 2 aromatic carbocycles. The maximum absolute atomic E-state index is 13.7. The predicted octanol–water partition coefficient (Wildman–Crippen LogP) is 5.25. The van der Waals surface area contributed by atoms with Crippen LogP contribution in [0.4, 0.5) is 21.0 Å². The number of amides is 8. The number of nitrogens with zero attached hydrogens (tertiary/aromatic N) is 7. The summed E-state index contributed by atoms with van der Waals surface area (Å²) in [6.45, 7) is 6.94. The first-order valence-electron chi connectivity index (χ1n) is 24.8. The van der Waals surface area contributed by atoms with Gasteiger partial charge in [0.2, 0.25) is 17.7 Å². The third-order valence-corrected chi connectivity index (χ3v) is 12.8. The van der Waals surface area contributed by atoms with Crippen molar-refractivity contribution in [2.45, 2.75) is 97.6 Å². The summed E-state index contributed by atoms with van der Waals surface area (Å²) in [4.78, 5) is 109. The maximum atomic E-state index is 13.7. The number of unbranched alkanes of at least 4 members (excludes halogenated alkanes) is 2. The molecular weight excluding hydrogens is 961 g/mol. The van der Waals surface area contributed by atoms with Gasteiger partial charge in [0.05, 0.1) is 30.2 Å². The van der Waals surface area contributed by atoms with Crippen molar-refractivity contribution in [3.8, 4) is 22.6 Å². The van der Waals surface area contributed by atoms with Crippen molar-refractivity contribution in [2.75, 3.05) is 23.7 Å². The molecule has 6 heterocycles. The quantitative estimate of drug-likeness (QED) is 0.0319. The number of aromatic nitrogens is 6. The first kappa shape index (κ1) is 52.4. The molecule has 0 saturated carbocycles. The first-order valence-corrected chi connectivity index (χ1v) is 24.8. The fourth-order valence-electron chi connectivity index (χ4n) is 8.80. The molecule has 2 aliphatic rings. The number of fused-ring (bicyclic) bond motifs is 2. The van der Waals surface area contributed by atoms with E-state index in [1.807, 2.05) is 61.7 Å². The van der Waals surface area contributed by atoms with Crippen molar-refractivity contribution in [1.82, 2.24) is 55.3 Å². The summed E-state index contributed by atoms with van der Waals surface area (Å²) in [6, 6.07) is 19.6. The van der Waals surface area contributed by atoms with Crippen LogP contribution in [0.25, 0.3) is 28.3 Å². The number of hydrogen-bond acceptors (Lipinski definition) is 13. The number of aromatic amines is 1. The van der Waals surface area contributed by atoms with Gasteiger partial charge in [0.1, 0.15) is 30.8 Å². The molecule has 75 heavy (non-hydrogen) atoms. The Morgan fingerprint density at radius 3 is 2.41 bits per heavy atom. The van der Waals surface area contributed by atoms with Crippen molar-refractivity contribution < 1.29 is 38.3 Å². The standard InChI is InChI=1S/C53H60N14O8/c1-32(2)47(64-44(68)15-5-4-6-24-66-45(69)20-21-46(66)70)51(72)61-41(14-9-23-55-52(54)73)50(71)60-37-18-16-34(17-19-37)30-75-53(74)65-28-36-11-8-12-39(38(36)29-65)56-27-42-62-48(35-22-25-67-43(26-35)57-31-58-67)49(63-42)40-13-7-10-33(3)59-40/h7-8,10-13,16-22,25-26,31-32,41,47,56H,4-6,9,14-15,23-24,27-30H2,1-3H3,(H,60,71)(H,61,72)(H,62,63)(H,64,68)(H3,54,55,73). The number of carbonyl (C=O) groups is 7. The summed E-state index contributed by atoms with van der Waals surface area (Å²) >= 11 is 0. The Kier molecular flexibility index (Phi) is 16.9. The molecule has 0 spiro atoms. The van der Waals surface area contributed by atoms with E-state index in [2.05, 4.69) is 41.7 Å². The Balaban J connectivity index is 0.825. The van der Waals surface area contributed by atoms with Crippen LogP contribution in [0.5, 0.6) is 0 Å². The van der Waals surface area contributed by atoms with E-state index in [4.69, 9.17) is 20.4 Å². The average molecular weight is 1020 g/mol. The molecule has 8 N–H and O–H groups in total. The molecule has 22 heteroatoms. The Labute approximate surface area is 432 Å². The highest BCUT2D eigenvalue weighted by atomic mass is 16.6. The fraction of sp³-hybridized carbons (Fsp3) is 0.340. The molecule has 8 rings (SSSR count). The molecule has 0 saturated heterocycles. The number of pyridine rings is 2. The Morgan fingerprint density at radius 2 is 1.65 bits per heavy atom.